The van der Waals surface area contributed by atoms with Crippen LogP contribution in [0.2, 0.25) is 0 Å². The van der Waals surface area contributed by atoms with Gasteiger partial charge < -0.3 is 4.42 Å². The highest BCUT2D eigenvalue weighted by molar-refractivity contribution is 9.10. The van der Waals surface area contributed by atoms with Crippen LogP contribution in [-0.2, 0) is 0 Å². The summed E-state index contributed by atoms with van der Waals surface area (Å²) in [5.41, 5.74) is 2.01. The van der Waals surface area contributed by atoms with Gasteiger partial charge in [-0.15, -0.1) is 0 Å². The van der Waals surface area contributed by atoms with E-state index in [1.807, 2.05) is 19.9 Å². The van der Waals surface area contributed by atoms with Crippen LogP contribution in [0.25, 0.3) is 11.0 Å². The number of halogens is 2. The first kappa shape index (κ1) is 13.7. The van der Waals surface area contributed by atoms with Crippen molar-refractivity contribution in [2.45, 2.75) is 23.6 Å². The zero-order valence-corrected chi connectivity index (χ0v) is 13.4. The first-order chi connectivity index (χ1) is 9.54. The molecule has 0 aliphatic heterocycles. The monoisotopic (exact) mass is 350 g/mol. The normalized spacial score (nSPS) is 11.2. The van der Waals surface area contributed by atoms with Crippen molar-refractivity contribution in [3.05, 3.63) is 58.0 Å². The summed E-state index contributed by atoms with van der Waals surface area (Å²) < 4.78 is 19.9. The van der Waals surface area contributed by atoms with E-state index >= 15 is 0 Å². The van der Waals surface area contributed by atoms with E-state index in [9.17, 15) is 4.39 Å². The Hall–Kier alpha value is -1.26. The molecule has 0 unspecified atom stereocenters. The van der Waals surface area contributed by atoms with Crippen molar-refractivity contribution in [2.75, 3.05) is 0 Å². The van der Waals surface area contributed by atoms with Crippen molar-refractivity contribution < 1.29 is 8.81 Å². The lowest BCUT2D eigenvalue weighted by atomic mass is 10.2. The quantitative estimate of drug-likeness (QED) is 0.553. The van der Waals surface area contributed by atoms with Gasteiger partial charge in [-0.05, 0) is 55.8 Å². The van der Waals surface area contributed by atoms with Crippen molar-refractivity contribution >= 4 is 38.7 Å². The van der Waals surface area contributed by atoms with Gasteiger partial charge >= 0.3 is 0 Å². The Labute approximate surface area is 129 Å². The maximum atomic E-state index is 13.0. The molecule has 1 heterocycles. The van der Waals surface area contributed by atoms with Gasteiger partial charge in [0.1, 0.15) is 17.2 Å². The third kappa shape index (κ3) is 2.50. The van der Waals surface area contributed by atoms with Crippen LogP contribution in [0.3, 0.4) is 0 Å². The molecule has 4 heteroatoms. The van der Waals surface area contributed by atoms with E-state index in [0.717, 1.165) is 36.6 Å². The molecule has 1 nitrogen and oxygen atoms in total. The van der Waals surface area contributed by atoms with Crippen molar-refractivity contribution in [2.24, 2.45) is 0 Å². The highest BCUT2D eigenvalue weighted by atomic mass is 79.9. The van der Waals surface area contributed by atoms with Gasteiger partial charge in [0, 0.05) is 14.8 Å². The van der Waals surface area contributed by atoms with Crippen LogP contribution < -0.4 is 0 Å². The third-order valence-electron chi connectivity index (χ3n) is 3.09. The highest BCUT2D eigenvalue weighted by Crippen LogP contribution is 2.40. The molecule has 0 bridgehead atoms. The number of hydrogen-bond donors (Lipinski definition) is 0. The summed E-state index contributed by atoms with van der Waals surface area (Å²) in [7, 11) is 0. The molecule has 0 N–H and O–H groups in total. The van der Waals surface area contributed by atoms with Crippen LogP contribution in [0.5, 0.6) is 0 Å². The molecule has 1 aromatic heterocycles. The molecular formula is C16H12BrFOS. The van der Waals surface area contributed by atoms with Gasteiger partial charge in [-0.2, -0.15) is 0 Å². The summed E-state index contributed by atoms with van der Waals surface area (Å²) in [5.74, 6) is 0.664. The lowest BCUT2D eigenvalue weighted by molar-refractivity contribution is 0.566. The highest BCUT2D eigenvalue weighted by Gasteiger charge is 2.14. The Morgan fingerprint density at radius 2 is 1.80 bits per heavy atom. The summed E-state index contributed by atoms with van der Waals surface area (Å²) in [6, 6.07) is 10.6. The maximum absolute atomic E-state index is 13.0. The number of fused-ring (bicyclic) bond motifs is 1. The van der Waals surface area contributed by atoms with Crippen LogP contribution in [-0.4, -0.2) is 0 Å². The molecule has 3 rings (SSSR count). The third-order valence-corrected chi connectivity index (χ3v) is 4.77. The Balaban J connectivity index is 2.11. The summed E-state index contributed by atoms with van der Waals surface area (Å²) >= 11 is 5.12. The average molecular weight is 351 g/mol. The van der Waals surface area contributed by atoms with E-state index < -0.39 is 0 Å². The molecule has 0 saturated heterocycles. The number of furan rings is 1. The topological polar surface area (TPSA) is 13.1 Å². The smallest absolute Gasteiger partial charge is 0.138 e. The van der Waals surface area contributed by atoms with Gasteiger partial charge in [0.05, 0.1) is 4.90 Å². The molecule has 0 atom stereocenters. The Kier molecular flexibility index (Phi) is 3.61. The summed E-state index contributed by atoms with van der Waals surface area (Å²) in [6.07, 6.45) is 0. The fraction of sp³-hybridized carbons (Fsp3) is 0.125. The molecule has 102 valence electrons. The van der Waals surface area contributed by atoms with Crippen LogP contribution in [0.1, 0.15) is 11.3 Å². The summed E-state index contributed by atoms with van der Waals surface area (Å²) in [4.78, 5) is 2.07. The fourth-order valence-electron chi connectivity index (χ4n) is 2.17. The molecule has 0 aliphatic rings. The second kappa shape index (κ2) is 5.26. The molecular weight excluding hydrogens is 339 g/mol. The van der Waals surface area contributed by atoms with Gasteiger partial charge in [0.2, 0.25) is 0 Å². The minimum absolute atomic E-state index is 0.221. The number of rotatable bonds is 2. The maximum Gasteiger partial charge on any atom is 0.138 e. The molecule has 0 amide bonds. The van der Waals surface area contributed by atoms with Gasteiger partial charge in [-0.3, -0.25) is 0 Å². The molecule has 0 aliphatic carbocycles. The van der Waals surface area contributed by atoms with E-state index in [1.165, 1.54) is 12.1 Å². The number of hydrogen-bond acceptors (Lipinski definition) is 2. The van der Waals surface area contributed by atoms with E-state index in [-0.39, 0.29) is 5.82 Å². The van der Waals surface area contributed by atoms with Gasteiger partial charge in [0.25, 0.3) is 0 Å². The van der Waals surface area contributed by atoms with E-state index in [1.54, 1.807) is 23.9 Å². The van der Waals surface area contributed by atoms with Crippen molar-refractivity contribution in [3.63, 3.8) is 0 Å². The molecule has 0 radical (unpaired) electrons. The average Bonchev–Trinajstić information content (AvgIpc) is 2.70. The SMILES string of the molecule is Cc1oc2c(C)cc(Br)cc2c1Sc1ccc(F)cc1. The van der Waals surface area contributed by atoms with Crippen molar-refractivity contribution in [1.29, 1.82) is 0 Å². The first-order valence-corrected chi connectivity index (χ1v) is 7.78. The second-order valence-corrected chi connectivity index (χ2v) is 6.64. The lowest BCUT2D eigenvalue weighted by Gasteiger charge is -2.01. The predicted octanol–water partition coefficient (Wildman–Crippen LogP) is 6.10. The Morgan fingerprint density at radius 3 is 2.50 bits per heavy atom. The Morgan fingerprint density at radius 1 is 1.10 bits per heavy atom. The minimum Gasteiger partial charge on any atom is -0.460 e. The fourth-order valence-corrected chi connectivity index (χ4v) is 3.70. The Bertz CT molecular complexity index is 777. The zero-order chi connectivity index (χ0) is 14.3. The zero-order valence-electron chi connectivity index (χ0n) is 11.0. The second-order valence-electron chi connectivity index (χ2n) is 4.64. The molecule has 20 heavy (non-hydrogen) atoms. The van der Waals surface area contributed by atoms with Crippen molar-refractivity contribution in [1.82, 2.24) is 0 Å². The minimum atomic E-state index is -0.221. The largest absolute Gasteiger partial charge is 0.460 e. The first-order valence-electron chi connectivity index (χ1n) is 6.17. The standard InChI is InChI=1S/C16H12BrFOS/c1-9-7-11(17)8-14-15(9)19-10(2)16(14)20-13-5-3-12(18)4-6-13/h3-8H,1-2H3. The molecule has 2 aromatic carbocycles. The molecule has 0 spiro atoms. The molecule has 0 saturated carbocycles. The van der Waals surface area contributed by atoms with Crippen LogP contribution >= 0.6 is 27.7 Å². The van der Waals surface area contributed by atoms with Crippen LogP contribution in [0, 0.1) is 19.7 Å². The van der Waals surface area contributed by atoms with E-state index in [0.29, 0.717) is 0 Å². The van der Waals surface area contributed by atoms with E-state index in [2.05, 4.69) is 22.0 Å². The summed E-state index contributed by atoms with van der Waals surface area (Å²) in [6.45, 7) is 3.99. The molecule has 0 fully saturated rings. The number of aryl methyl sites for hydroxylation is 2. The number of benzene rings is 2. The van der Waals surface area contributed by atoms with Gasteiger partial charge in [-0.25, -0.2) is 4.39 Å². The summed E-state index contributed by atoms with van der Waals surface area (Å²) in [5, 5.41) is 1.09. The van der Waals surface area contributed by atoms with Gasteiger partial charge in [-0.1, -0.05) is 27.7 Å². The van der Waals surface area contributed by atoms with Crippen LogP contribution in [0.4, 0.5) is 4.39 Å². The molecule has 3 aromatic rings. The lowest BCUT2D eigenvalue weighted by Crippen LogP contribution is -1.78. The van der Waals surface area contributed by atoms with E-state index in [4.69, 9.17) is 4.42 Å². The predicted molar refractivity (Wildman–Crippen MR) is 83.9 cm³/mol. The van der Waals surface area contributed by atoms with Crippen molar-refractivity contribution in [3.8, 4) is 0 Å². The van der Waals surface area contributed by atoms with Gasteiger partial charge in [0.15, 0.2) is 0 Å². The van der Waals surface area contributed by atoms with Crippen LogP contribution in [0.15, 0.2) is 55.1 Å².